The van der Waals surface area contributed by atoms with E-state index >= 15 is 0 Å². The van der Waals surface area contributed by atoms with E-state index in [0.29, 0.717) is 18.4 Å². The molecule has 0 bridgehead atoms. The minimum atomic E-state index is -0.925. The number of carboxylic acid groups (broad SMARTS) is 1. The maximum atomic E-state index is 10.7. The van der Waals surface area contributed by atoms with E-state index in [1.54, 1.807) is 30.5 Å². The van der Waals surface area contributed by atoms with Crippen LogP contribution in [0.15, 0.2) is 36.7 Å². The minimum absolute atomic E-state index is 0.274. The number of nitrogens with zero attached hydrogens (tertiary/aromatic N) is 2. The fourth-order valence-electron chi connectivity index (χ4n) is 1.59. The third-order valence-corrected chi connectivity index (χ3v) is 2.71. The van der Waals surface area contributed by atoms with Gasteiger partial charge in [-0.1, -0.05) is 12.1 Å². The van der Waals surface area contributed by atoms with E-state index < -0.39 is 5.97 Å². The number of ether oxygens (including phenoxy) is 1. The van der Waals surface area contributed by atoms with Crippen molar-refractivity contribution in [2.75, 3.05) is 0 Å². The summed E-state index contributed by atoms with van der Waals surface area (Å²) in [5, 5.41) is 13.0. The summed E-state index contributed by atoms with van der Waals surface area (Å²) < 4.78 is 7.41. The number of aromatic nitrogens is 2. The van der Waals surface area contributed by atoms with Gasteiger partial charge in [0.05, 0.1) is 18.0 Å². The summed E-state index contributed by atoms with van der Waals surface area (Å²) in [6.07, 6.45) is 3.52. The summed E-state index contributed by atoms with van der Waals surface area (Å²) in [4.78, 5) is 10.7. The molecule has 0 aliphatic rings. The number of carboxylic acids is 1. The SMILES string of the molecule is CC(C)n1cc(OCc2ccc(C(=O)O)cc2)cn1. The number of rotatable bonds is 5. The molecule has 5 heteroatoms. The minimum Gasteiger partial charge on any atom is -0.486 e. The molecule has 0 saturated carbocycles. The predicted molar refractivity (Wildman–Crippen MR) is 70.3 cm³/mol. The fourth-order valence-corrected chi connectivity index (χ4v) is 1.59. The quantitative estimate of drug-likeness (QED) is 0.897. The number of hydrogen-bond acceptors (Lipinski definition) is 3. The summed E-state index contributed by atoms with van der Waals surface area (Å²) in [5.41, 5.74) is 1.19. The fraction of sp³-hybridized carbons (Fsp3) is 0.286. The van der Waals surface area contributed by atoms with Crippen molar-refractivity contribution in [2.24, 2.45) is 0 Å². The van der Waals surface area contributed by atoms with Gasteiger partial charge < -0.3 is 9.84 Å². The van der Waals surface area contributed by atoms with Crippen LogP contribution in [-0.2, 0) is 6.61 Å². The average molecular weight is 260 g/mol. The molecule has 1 N–H and O–H groups in total. The highest BCUT2D eigenvalue weighted by Crippen LogP contribution is 2.14. The van der Waals surface area contributed by atoms with E-state index in [-0.39, 0.29) is 5.56 Å². The first kappa shape index (κ1) is 13.1. The van der Waals surface area contributed by atoms with Crippen LogP contribution in [0.5, 0.6) is 5.75 Å². The third kappa shape index (κ3) is 3.34. The Morgan fingerprint density at radius 2 is 2.05 bits per heavy atom. The summed E-state index contributed by atoms with van der Waals surface area (Å²) in [7, 11) is 0. The Balaban J connectivity index is 1.96. The van der Waals surface area contributed by atoms with Gasteiger partial charge in [0.1, 0.15) is 6.61 Å². The first-order valence-corrected chi connectivity index (χ1v) is 6.05. The van der Waals surface area contributed by atoms with Crippen LogP contribution in [0, 0.1) is 0 Å². The lowest BCUT2D eigenvalue weighted by atomic mass is 10.1. The van der Waals surface area contributed by atoms with Gasteiger partial charge in [0.25, 0.3) is 0 Å². The van der Waals surface area contributed by atoms with Gasteiger partial charge >= 0.3 is 5.97 Å². The molecular weight excluding hydrogens is 244 g/mol. The van der Waals surface area contributed by atoms with E-state index in [0.717, 1.165) is 5.56 Å². The van der Waals surface area contributed by atoms with E-state index in [9.17, 15) is 4.79 Å². The van der Waals surface area contributed by atoms with Crippen LogP contribution in [-0.4, -0.2) is 20.9 Å². The molecule has 0 aliphatic heterocycles. The molecule has 0 radical (unpaired) electrons. The van der Waals surface area contributed by atoms with Crippen molar-refractivity contribution in [2.45, 2.75) is 26.5 Å². The van der Waals surface area contributed by atoms with Crippen molar-refractivity contribution in [1.82, 2.24) is 9.78 Å². The van der Waals surface area contributed by atoms with Gasteiger partial charge in [0, 0.05) is 6.04 Å². The molecule has 0 saturated heterocycles. The molecule has 0 aliphatic carbocycles. The molecule has 2 rings (SSSR count). The summed E-state index contributed by atoms with van der Waals surface area (Å²) in [6.45, 7) is 4.48. The molecule has 19 heavy (non-hydrogen) atoms. The number of hydrogen-bond donors (Lipinski definition) is 1. The molecular formula is C14H16N2O3. The van der Waals surface area contributed by atoms with Crippen molar-refractivity contribution < 1.29 is 14.6 Å². The van der Waals surface area contributed by atoms with Crippen LogP contribution in [0.4, 0.5) is 0 Å². The van der Waals surface area contributed by atoms with Gasteiger partial charge in [0.15, 0.2) is 5.75 Å². The lowest BCUT2D eigenvalue weighted by Gasteiger charge is -2.05. The summed E-state index contributed by atoms with van der Waals surface area (Å²) in [6, 6.07) is 6.93. The molecule has 0 atom stereocenters. The van der Waals surface area contributed by atoms with Crippen molar-refractivity contribution in [3.63, 3.8) is 0 Å². The Hall–Kier alpha value is -2.30. The molecule has 100 valence electrons. The second kappa shape index (κ2) is 5.56. The second-order valence-electron chi connectivity index (χ2n) is 4.54. The lowest BCUT2D eigenvalue weighted by Crippen LogP contribution is -2.00. The Labute approximate surface area is 111 Å². The van der Waals surface area contributed by atoms with Gasteiger partial charge in [-0.05, 0) is 31.5 Å². The van der Waals surface area contributed by atoms with Gasteiger partial charge in [0.2, 0.25) is 0 Å². The maximum Gasteiger partial charge on any atom is 0.335 e. The Morgan fingerprint density at radius 1 is 1.37 bits per heavy atom. The molecule has 1 aromatic heterocycles. The lowest BCUT2D eigenvalue weighted by molar-refractivity contribution is 0.0697. The van der Waals surface area contributed by atoms with Crippen molar-refractivity contribution in [3.05, 3.63) is 47.8 Å². The number of benzene rings is 1. The standard InChI is InChI=1S/C14H16N2O3/c1-10(2)16-8-13(7-15-16)19-9-11-3-5-12(6-4-11)14(17)18/h3-8,10H,9H2,1-2H3,(H,17,18). The van der Waals surface area contributed by atoms with Gasteiger partial charge in [-0.15, -0.1) is 0 Å². The molecule has 2 aromatic rings. The maximum absolute atomic E-state index is 10.7. The predicted octanol–water partition coefficient (Wildman–Crippen LogP) is 2.74. The largest absolute Gasteiger partial charge is 0.486 e. The highest BCUT2D eigenvalue weighted by Gasteiger charge is 2.04. The Bertz CT molecular complexity index is 558. The molecule has 0 unspecified atom stereocenters. The highest BCUT2D eigenvalue weighted by molar-refractivity contribution is 5.87. The zero-order valence-electron chi connectivity index (χ0n) is 10.9. The van der Waals surface area contributed by atoms with E-state index in [1.807, 2.05) is 24.7 Å². The molecule has 0 spiro atoms. The summed E-state index contributed by atoms with van der Waals surface area (Å²) >= 11 is 0. The third-order valence-electron chi connectivity index (χ3n) is 2.71. The molecule has 5 nitrogen and oxygen atoms in total. The van der Waals surface area contributed by atoms with Crippen LogP contribution in [0.1, 0.15) is 35.8 Å². The summed E-state index contributed by atoms with van der Waals surface area (Å²) in [5.74, 6) is -0.221. The molecule has 1 aromatic carbocycles. The van der Waals surface area contributed by atoms with Crippen LogP contribution < -0.4 is 4.74 Å². The van der Waals surface area contributed by atoms with Crippen molar-refractivity contribution >= 4 is 5.97 Å². The monoisotopic (exact) mass is 260 g/mol. The van der Waals surface area contributed by atoms with Crippen LogP contribution >= 0.6 is 0 Å². The smallest absolute Gasteiger partial charge is 0.335 e. The van der Waals surface area contributed by atoms with Crippen LogP contribution in [0.3, 0.4) is 0 Å². The second-order valence-corrected chi connectivity index (χ2v) is 4.54. The first-order valence-electron chi connectivity index (χ1n) is 6.05. The normalized spacial score (nSPS) is 10.7. The first-order chi connectivity index (χ1) is 9.06. The Morgan fingerprint density at radius 3 is 2.58 bits per heavy atom. The van der Waals surface area contributed by atoms with Gasteiger partial charge in [-0.25, -0.2) is 4.79 Å². The van der Waals surface area contributed by atoms with Crippen molar-refractivity contribution in [3.8, 4) is 5.75 Å². The zero-order valence-corrected chi connectivity index (χ0v) is 10.9. The van der Waals surface area contributed by atoms with Crippen LogP contribution in [0.25, 0.3) is 0 Å². The Kier molecular flexibility index (Phi) is 3.85. The molecule has 0 amide bonds. The number of carbonyl (C=O) groups is 1. The molecule has 0 fully saturated rings. The average Bonchev–Trinajstić information content (AvgIpc) is 2.86. The zero-order chi connectivity index (χ0) is 13.8. The van der Waals surface area contributed by atoms with E-state index in [4.69, 9.17) is 9.84 Å². The van der Waals surface area contributed by atoms with Crippen LogP contribution in [0.2, 0.25) is 0 Å². The highest BCUT2D eigenvalue weighted by atomic mass is 16.5. The van der Waals surface area contributed by atoms with Crippen molar-refractivity contribution in [1.29, 1.82) is 0 Å². The van der Waals surface area contributed by atoms with Gasteiger partial charge in [-0.3, -0.25) is 4.68 Å². The van der Waals surface area contributed by atoms with Gasteiger partial charge in [-0.2, -0.15) is 5.10 Å². The van der Waals surface area contributed by atoms with E-state index in [2.05, 4.69) is 5.10 Å². The number of aromatic carboxylic acids is 1. The topological polar surface area (TPSA) is 64.3 Å². The molecule has 1 heterocycles. The van der Waals surface area contributed by atoms with E-state index in [1.165, 1.54) is 0 Å².